The van der Waals surface area contributed by atoms with Crippen LogP contribution in [-0.2, 0) is 47.0 Å². The zero-order chi connectivity index (χ0) is 27.2. The minimum absolute atomic E-state index is 0. The van der Waals surface area contributed by atoms with Crippen LogP contribution in [0.5, 0.6) is 0 Å². The first-order chi connectivity index (χ1) is 17.5. The first-order valence-corrected chi connectivity index (χ1v) is 14.1. The summed E-state index contributed by atoms with van der Waals surface area (Å²) in [6, 6.07) is -0.0414. The molecule has 0 aromatic carbocycles. The van der Waals surface area contributed by atoms with Crippen LogP contribution in [0.3, 0.4) is 0 Å². The molecule has 0 aromatic heterocycles. The van der Waals surface area contributed by atoms with Gasteiger partial charge in [-0.1, -0.05) is 33.6 Å². The van der Waals surface area contributed by atoms with Gasteiger partial charge in [0.15, 0.2) is 0 Å². The van der Waals surface area contributed by atoms with E-state index in [1.165, 1.54) is 0 Å². The fraction of sp³-hybridized carbons (Fsp3) is 0.759. The summed E-state index contributed by atoms with van der Waals surface area (Å²) in [7, 11) is 0. The summed E-state index contributed by atoms with van der Waals surface area (Å²) in [5.74, 6) is 1.34. The molecule has 5 atom stereocenters. The maximum absolute atomic E-state index is 13.4. The van der Waals surface area contributed by atoms with Crippen molar-refractivity contribution in [3.8, 4) is 0 Å². The van der Waals surface area contributed by atoms with Crippen LogP contribution in [0.15, 0.2) is 23.7 Å². The summed E-state index contributed by atoms with van der Waals surface area (Å²) in [4.78, 5) is 26.0. The molecule has 0 saturated heterocycles. The largest absolute Gasteiger partial charge is 0.693 e. The molecule has 1 radical (unpaired) electrons. The number of hydrogen-bond acceptors (Lipinski definition) is 6. The second-order valence-corrected chi connectivity index (χ2v) is 12.5. The van der Waals surface area contributed by atoms with E-state index in [-0.39, 0.29) is 92.0 Å². The van der Waals surface area contributed by atoms with E-state index in [4.69, 9.17) is 10.1 Å². The van der Waals surface area contributed by atoms with Crippen molar-refractivity contribution in [2.75, 3.05) is 6.61 Å². The number of aliphatic hydroxyl groups excluding tert-OH is 1. The Morgan fingerprint density at radius 1 is 1.13 bits per heavy atom. The smallest absolute Gasteiger partial charge is 0.258 e. The fourth-order valence-corrected chi connectivity index (χ4v) is 6.22. The van der Waals surface area contributed by atoms with E-state index in [0.29, 0.717) is 24.9 Å². The molecule has 0 aliphatic heterocycles. The van der Waals surface area contributed by atoms with Crippen LogP contribution in [-0.4, -0.2) is 47.4 Å². The van der Waals surface area contributed by atoms with Crippen molar-refractivity contribution in [2.45, 2.75) is 104 Å². The number of carbonyl (C=O) groups is 2. The average Bonchev–Trinajstić information content (AvgIpc) is 3.34. The molecule has 2 amide bonds. The third-order valence-corrected chi connectivity index (χ3v) is 8.02. The number of nitrogens with one attached hydrogen (secondary N) is 4. The van der Waals surface area contributed by atoms with Crippen LogP contribution in [0.4, 0.5) is 0 Å². The van der Waals surface area contributed by atoms with E-state index in [0.717, 1.165) is 51.2 Å². The zero-order valence-corrected chi connectivity index (χ0v) is 27.3. The second-order valence-electron chi connectivity index (χ2n) is 12.5. The Hall–Kier alpha value is -1.29. The van der Waals surface area contributed by atoms with Crippen LogP contribution in [0, 0.1) is 35.0 Å². The van der Waals surface area contributed by atoms with Gasteiger partial charge in [-0.2, -0.15) is 0 Å². The molecule has 10 heteroatoms. The first kappa shape index (κ1) is 35.7. The van der Waals surface area contributed by atoms with Gasteiger partial charge in [-0.25, -0.2) is 0 Å². The fourth-order valence-electron chi connectivity index (χ4n) is 6.22. The molecular formula is C29H50N5O4Y-. The maximum Gasteiger partial charge on any atom is 0.258 e. The number of aliphatic hydroxyl groups is 1. The minimum Gasteiger partial charge on any atom is -0.693 e. The number of fused-ring (bicyclic) bond motifs is 2. The standard InChI is InChI=1S/C29H48N4O4.H2N.Y/c1-18(2)17-37-28(31-11-10-29(4,5)33-26(35)21-8-6-7-9-21)24(16-30)27(36)32-25-19(3)12-20-13-22(25)15-23(34)14-20;;/h10-11,16,18-23,25,30-31,34H,6-9,12-15,17H2,1-5H3,(H,32,36)(H,33,35);1H2;/q;-1;/b11-10+,28-24-,30-16?;;/t19?,20?,22?,23?,25-;;/m1../s1. The molecule has 0 spiro atoms. The van der Waals surface area contributed by atoms with Crippen LogP contribution >= 0.6 is 0 Å². The Morgan fingerprint density at radius 2 is 1.79 bits per heavy atom. The zero-order valence-electron chi connectivity index (χ0n) is 24.5. The summed E-state index contributed by atoms with van der Waals surface area (Å²) in [6.07, 6.45) is 11.9. The van der Waals surface area contributed by atoms with Gasteiger partial charge in [0.2, 0.25) is 11.8 Å². The van der Waals surface area contributed by atoms with Crippen molar-refractivity contribution in [2.24, 2.45) is 29.6 Å². The molecule has 4 unspecified atom stereocenters. The van der Waals surface area contributed by atoms with Gasteiger partial charge in [-0.3, -0.25) is 9.59 Å². The van der Waals surface area contributed by atoms with E-state index in [2.05, 4.69) is 22.9 Å². The monoisotopic (exact) mass is 621 g/mol. The maximum atomic E-state index is 13.4. The summed E-state index contributed by atoms with van der Waals surface area (Å²) in [5.41, 5.74) is -0.456. The first-order valence-electron chi connectivity index (χ1n) is 14.1. The molecule has 7 N–H and O–H groups in total. The molecule has 3 rings (SSSR count). The average molecular weight is 622 g/mol. The van der Waals surface area contributed by atoms with Crippen molar-refractivity contribution in [1.29, 1.82) is 5.41 Å². The van der Waals surface area contributed by atoms with Crippen molar-refractivity contribution in [1.82, 2.24) is 16.0 Å². The van der Waals surface area contributed by atoms with Crippen LogP contribution < -0.4 is 16.0 Å². The number of amides is 2. The predicted molar refractivity (Wildman–Crippen MR) is 151 cm³/mol. The third kappa shape index (κ3) is 10.6. The Bertz CT molecular complexity index is 881. The van der Waals surface area contributed by atoms with Crippen molar-refractivity contribution >= 4 is 18.0 Å². The Balaban J connectivity index is 0.00000380. The topological polar surface area (TPSA) is 157 Å². The molecular weight excluding hydrogens is 571 g/mol. The molecule has 2 bridgehead atoms. The van der Waals surface area contributed by atoms with Gasteiger partial charge in [0, 0.05) is 57.1 Å². The Labute approximate surface area is 260 Å². The summed E-state index contributed by atoms with van der Waals surface area (Å²) < 4.78 is 5.95. The molecule has 0 aromatic rings. The Kier molecular flexibility index (Phi) is 14.9. The molecule has 39 heavy (non-hydrogen) atoms. The van der Waals surface area contributed by atoms with Crippen LogP contribution in [0.2, 0.25) is 0 Å². The van der Waals surface area contributed by atoms with Crippen LogP contribution in [0.25, 0.3) is 6.15 Å². The van der Waals surface area contributed by atoms with E-state index >= 15 is 0 Å². The SMILES string of the molecule is CC(C)CO/C(N/C=C/C(C)(C)NC(=O)C1CCCC1)=C(/C=N)C(=O)N[C@@H]1C(C)CC2CC(O)CC1C2.[NH2-].[Y]. The molecule has 219 valence electrons. The normalized spacial score (nSPS) is 27.6. The van der Waals surface area contributed by atoms with E-state index in [1.807, 2.05) is 33.8 Å². The number of rotatable bonds is 11. The van der Waals surface area contributed by atoms with Gasteiger partial charge < -0.3 is 37.4 Å². The minimum atomic E-state index is -0.585. The van der Waals surface area contributed by atoms with Gasteiger partial charge in [-0.05, 0) is 82.1 Å². The molecule has 9 nitrogen and oxygen atoms in total. The van der Waals surface area contributed by atoms with E-state index in [9.17, 15) is 14.7 Å². The van der Waals surface area contributed by atoms with Crippen molar-refractivity contribution in [3.63, 3.8) is 0 Å². The van der Waals surface area contributed by atoms with Gasteiger partial charge >= 0.3 is 0 Å². The quantitative estimate of drug-likeness (QED) is 0.128. The van der Waals surface area contributed by atoms with Crippen molar-refractivity contribution in [3.05, 3.63) is 29.9 Å². The van der Waals surface area contributed by atoms with Crippen LogP contribution in [0.1, 0.15) is 86.0 Å². The Morgan fingerprint density at radius 3 is 2.41 bits per heavy atom. The number of hydrogen-bond donors (Lipinski definition) is 5. The molecule has 0 heterocycles. The van der Waals surface area contributed by atoms with Gasteiger partial charge in [0.1, 0.15) is 5.57 Å². The molecule has 3 aliphatic rings. The molecule has 3 fully saturated rings. The van der Waals surface area contributed by atoms with Crippen molar-refractivity contribution < 1.29 is 52.1 Å². The third-order valence-electron chi connectivity index (χ3n) is 8.02. The second kappa shape index (κ2) is 16.2. The summed E-state index contributed by atoms with van der Waals surface area (Å²) in [6.45, 7) is 10.4. The number of nitrogens with two attached hydrogens (primary N) is 1. The van der Waals surface area contributed by atoms with Gasteiger partial charge in [0.05, 0.1) is 18.2 Å². The van der Waals surface area contributed by atoms with Gasteiger partial charge in [-0.15, -0.1) is 0 Å². The van der Waals surface area contributed by atoms with E-state index < -0.39 is 5.54 Å². The summed E-state index contributed by atoms with van der Waals surface area (Å²) in [5, 5.41) is 27.6. The number of carbonyl (C=O) groups excluding carboxylic acids is 2. The molecule has 3 aliphatic carbocycles. The van der Waals surface area contributed by atoms with E-state index in [1.54, 1.807) is 6.20 Å². The predicted octanol–water partition coefficient (Wildman–Crippen LogP) is 4.72. The molecule has 3 saturated carbocycles. The van der Waals surface area contributed by atoms with Gasteiger partial charge in [0.25, 0.3) is 5.91 Å². The summed E-state index contributed by atoms with van der Waals surface area (Å²) >= 11 is 0. The number of ether oxygens (including phenoxy) is 1.